The van der Waals surface area contributed by atoms with Crippen molar-refractivity contribution in [3.63, 3.8) is 0 Å². The van der Waals surface area contributed by atoms with Gasteiger partial charge < -0.3 is 14.8 Å². The van der Waals surface area contributed by atoms with Crippen LogP contribution in [-0.2, 0) is 4.79 Å². The van der Waals surface area contributed by atoms with Crippen LogP contribution in [0.1, 0.15) is 0 Å². The molecule has 5 heteroatoms. The number of amides is 1. The predicted octanol–water partition coefficient (Wildman–Crippen LogP) is 4.18. The number of hydrogen-bond donors (Lipinski definition) is 1. The number of benzene rings is 3. The van der Waals surface area contributed by atoms with E-state index in [-0.39, 0.29) is 12.5 Å². The maximum atomic E-state index is 11.8. The normalized spacial score (nSPS) is 10.4. The van der Waals surface area contributed by atoms with E-state index in [2.05, 4.69) is 21.2 Å². The first-order chi connectivity index (χ1) is 12.2. The van der Waals surface area contributed by atoms with Gasteiger partial charge in [0.05, 0.1) is 6.54 Å². The zero-order valence-electron chi connectivity index (χ0n) is 13.6. The van der Waals surface area contributed by atoms with Gasteiger partial charge in [-0.3, -0.25) is 4.79 Å². The molecule has 25 heavy (non-hydrogen) atoms. The highest BCUT2D eigenvalue weighted by Crippen LogP contribution is 2.24. The second kappa shape index (κ2) is 8.53. The Balaban J connectivity index is 1.42. The minimum Gasteiger partial charge on any atom is -0.491 e. The van der Waals surface area contributed by atoms with Crippen LogP contribution in [-0.4, -0.2) is 25.7 Å². The van der Waals surface area contributed by atoms with Crippen LogP contribution in [0, 0.1) is 0 Å². The number of hydrogen-bond acceptors (Lipinski definition) is 3. The molecule has 0 saturated heterocycles. The van der Waals surface area contributed by atoms with E-state index >= 15 is 0 Å². The average molecular weight is 400 g/mol. The number of rotatable bonds is 7. The van der Waals surface area contributed by atoms with Gasteiger partial charge in [0.1, 0.15) is 18.1 Å². The van der Waals surface area contributed by atoms with Gasteiger partial charge in [0.2, 0.25) is 0 Å². The Kier molecular flexibility index (Phi) is 5.90. The molecular formula is C20H18BrNO3. The van der Waals surface area contributed by atoms with E-state index in [1.54, 1.807) is 0 Å². The molecular weight excluding hydrogens is 382 g/mol. The van der Waals surface area contributed by atoms with E-state index in [9.17, 15) is 4.79 Å². The fourth-order valence-electron chi connectivity index (χ4n) is 2.43. The lowest BCUT2D eigenvalue weighted by atomic mass is 10.1. The van der Waals surface area contributed by atoms with Crippen LogP contribution in [0.3, 0.4) is 0 Å². The molecule has 1 amide bonds. The van der Waals surface area contributed by atoms with Crippen molar-refractivity contribution in [2.45, 2.75) is 0 Å². The molecule has 0 fully saturated rings. The van der Waals surface area contributed by atoms with E-state index in [1.807, 2.05) is 66.7 Å². The molecule has 0 aliphatic rings. The van der Waals surface area contributed by atoms with Gasteiger partial charge in [-0.05, 0) is 29.7 Å². The van der Waals surface area contributed by atoms with Gasteiger partial charge in [-0.15, -0.1) is 0 Å². The molecule has 3 rings (SSSR count). The van der Waals surface area contributed by atoms with Crippen molar-refractivity contribution in [1.82, 2.24) is 5.32 Å². The molecule has 0 saturated carbocycles. The summed E-state index contributed by atoms with van der Waals surface area (Å²) in [5.74, 6) is 1.29. The van der Waals surface area contributed by atoms with Crippen LogP contribution in [0.15, 0.2) is 71.2 Å². The molecule has 0 aliphatic carbocycles. The minimum atomic E-state index is -0.179. The first-order valence-corrected chi connectivity index (χ1v) is 8.77. The Bertz CT molecular complexity index is 861. The minimum absolute atomic E-state index is 0.0231. The van der Waals surface area contributed by atoms with Crippen molar-refractivity contribution in [2.75, 3.05) is 19.8 Å². The fourth-order valence-corrected chi connectivity index (χ4v) is 2.81. The lowest BCUT2D eigenvalue weighted by Crippen LogP contribution is -2.32. The molecule has 0 aromatic heterocycles. The molecule has 3 aromatic carbocycles. The summed E-state index contributed by atoms with van der Waals surface area (Å²) < 4.78 is 12.1. The lowest BCUT2D eigenvalue weighted by Gasteiger charge is -2.10. The summed E-state index contributed by atoms with van der Waals surface area (Å²) >= 11 is 3.36. The topological polar surface area (TPSA) is 47.6 Å². The summed E-state index contributed by atoms with van der Waals surface area (Å²) in [5, 5.41) is 4.98. The lowest BCUT2D eigenvalue weighted by molar-refractivity contribution is -0.123. The van der Waals surface area contributed by atoms with Crippen LogP contribution in [0.4, 0.5) is 0 Å². The van der Waals surface area contributed by atoms with Crippen LogP contribution in [0.25, 0.3) is 10.8 Å². The Hall–Kier alpha value is -2.53. The van der Waals surface area contributed by atoms with E-state index in [0.717, 1.165) is 21.0 Å². The van der Waals surface area contributed by atoms with Crippen LogP contribution in [0.5, 0.6) is 11.5 Å². The van der Waals surface area contributed by atoms with Gasteiger partial charge >= 0.3 is 0 Å². The number of carbonyl (C=O) groups excluding carboxylic acids is 1. The smallest absolute Gasteiger partial charge is 0.258 e. The van der Waals surface area contributed by atoms with Crippen LogP contribution in [0.2, 0.25) is 0 Å². The number of fused-ring (bicyclic) bond motifs is 1. The van der Waals surface area contributed by atoms with Crippen molar-refractivity contribution in [3.8, 4) is 11.5 Å². The third kappa shape index (κ3) is 4.97. The van der Waals surface area contributed by atoms with Crippen molar-refractivity contribution in [1.29, 1.82) is 0 Å². The molecule has 3 aromatic rings. The van der Waals surface area contributed by atoms with Gasteiger partial charge in [-0.25, -0.2) is 0 Å². The van der Waals surface area contributed by atoms with Crippen LogP contribution < -0.4 is 14.8 Å². The molecule has 0 aliphatic heterocycles. The van der Waals surface area contributed by atoms with E-state index in [4.69, 9.17) is 9.47 Å². The first-order valence-electron chi connectivity index (χ1n) is 7.98. The Morgan fingerprint density at radius 1 is 0.960 bits per heavy atom. The predicted molar refractivity (Wildman–Crippen MR) is 102 cm³/mol. The number of carbonyl (C=O) groups is 1. The zero-order valence-corrected chi connectivity index (χ0v) is 15.2. The Labute approximate surface area is 154 Å². The van der Waals surface area contributed by atoms with Crippen molar-refractivity contribution in [2.24, 2.45) is 0 Å². The summed E-state index contributed by atoms with van der Waals surface area (Å²) in [6, 6.07) is 21.4. The highest BCUT2D eigenvalue weighted by atomic mass is 79.9. The average Bonchev–Trinajstić information content (AvgIpc) is 2.64. The van der Waals surface area contributed by atoms with Gasteiger partial charge in [0, 0.05) is 9.86 Å². The summed E-state index contributed by atoms with van der Waals surface area (Å²) in [6.07, 6.45) is 0. The number of nitrogens with one attached hydrogen (secondary N) is 1. The highest BCUT2D eigenvalue weighted by molar-refractivity contribution is 9.10. The van der Waals surface area contributed by atoms with Crippen molar-refractivity contribution >= 4 is 32.6 Å². The summed E-state index contributed by atoms with van der Waals surface area (Å²) in [4.78, 5) is 11.8. The molecule has 0 atom stereocenters. The number of ether oxygens (including phenoxy) is 2. The number of halogens is 1. The fraction of sp³-hybridized carbons (Fsp3) is 0.150. The Morgan fingerprint density at radius 3 is 2.64 bits per heavy atom. The second-order valence-corrected chi connectivity index (χ2v) is 6.34. The standard InChI is InChI=1S/C20H18BrNO3/c21-16-7-4-8-17(13-16)25-14-20(23)22-11-12-24-19-10-3-6-15-5-1-2-9-18(15)19/h1-10,13H,11-12,14H2,(H,22,23). The molecule has 0 heterocycles. The third-order valence-electron chi connectivity index (χ3n) is 3.60. The summed E-state index contributed by atoms with van der Waals surface area (Å²) in [5.41, 5.74) is 0. The molecule has 0 spiro atoms. The van der Waals surface area contributed by atoms with Gasteiger partial charge in [-0.2, -0.15) is 0 Å². The maximum absolute atomic E-state index is 11.8. The molecule has 0 radical (unpaired) electrons. The second-order valence-electron chi connectivity index (χ2n) is 5.42. The van der Waals surface area contributed by atoms with E-state index in [0.29, 0.717) is 18.9 Å². The quantitative estimate of drug-likeness (QED) is 0.606. The third-order valence-corrected chi connectivity index (χ3v) is 4.09. The molecule has 0 unspecified atom stereocenters. The summed E-state index contributed by atoms with van der Waals surface area (Å²) in [7, 11) is 0. The molecule has 4 nitrogen and oxygen atoms in total. The maximum Gasteiger partial charge on any atom is 0.258 e. The van der Waals surface area contributed by atoms with Gasteiger partial charge in [0.15, 0.2) is 6.61 Å². The largest absolute Gasteiger partial charge is 0.491 e. The molecule has 128 valence electrons. The summed E-state index contributed by atoms with van der Waals surface area (Å²) in [6.45, 7) is 0.797. The zero-order chi connectivity index (χ0) is 17.5. The van der Waals surface area contributed by atoms with E-state index < -0.39 is 0 Å². The van der Waals surface area contributed by atoms with Crippen LogP contribution >= 0.6 is 15.9 Å². The highest BCUT2D eigenvalue weighted by Gasteiger charge is 2.04. The Morgan fingerprint density at radius 2 is 1.76 bits per heavy atom. The molecule has 0 bridgehead atoms. The van der Waals surface area contributed by atoms with Gasteiger partial charge in [0.25, 0.3) is 5.91 Å². The monoisotopic (exact) mass is 399 g/mol. The first kappa shape index (κ1) is 17.3. The van der Waals surface area contributed by atoms with Crippen molar-refractivity contribution < 1.29 is 14.3 Å². The van der Waals surface area contributed by atoms with Gasteiger partial charge in [-0.1, -0.05) is 58.4 Å². The molecule has 1 N–H and O–H groups in total. The van der Waals surface area contributed by atoms with Crippen molar-refractivity contribution in [3.05, 3.63) is 71.2 Å². The SMILES string of the molecule is O=C(COc1cccc(Br)c1)NCCOc1cccc2ccccc12. The van der Waals surface area contributed by atoms with E-state index in [1.165, 1.54) is 0 Å².